The van der Waals surface area contributed by atoms with Crippen molar-refractivity contribution < 1.29 is 24.3 Å². The second kappa shape index (κ2) is 7.34. The summed E-state index contributed by atoms with van der Waals surface area (Å²) in [4.78, 5) is 42.9. The van der Waals surface area contributed by atoms with Crippen LogP contribution in [0.2, 0.25) is 0 Å². The van der Waals surface area contributed by atoms with Crippen molar-refractivity contribution in [2.75, 3.05) is 6.54 Å². The third-order valence-electron chi connectivity index (χ3n) is 1.84. The Morgan fingerprint density at radius 1 is 1.35 bits per heavy atom. The van der Waals surface area contributed by atoms with Crippen LogP contribution in [0.4, 0.5) is 0 Å². The van der Waals surface area contributed by atoms with Crippen molar-refractivity contribution in [2.24, 2.45) is 5.73 Å². The molecule has 8 heteroatoms. The van der Waals surface area contributed by atoms with Crippen LogP contribution in [0.1, 0.15) is 13.3 Å². The summed E-state index contributed by atoms with van der Waals surface area (Å²) in [5.74, 6) is -2.49. The van der Waals surface area contributed by atoms with E-state index in [2.05, 4.69) is 10.6 Å². The highest BCUT2D eigenvalue weighted by Gasteiger charge is 2.21. The highest BCUT2D eigenvalue weighted by molar-refractivity contribution is 5.91. The highest BCUT2D eigenvalue weighted by atomic mass is 16.4. The van der Waals surface area contributed by atoms with Crippen LogP contribution in [-0.4, -0.2) is 47.8 Å². The number of carboxylic acids is 1. The Hall–Kier alpha value is -1.96. The molecule has 0 heterocycles. The van der Waals surface area contributed by atoms with E-state index in [1.165, 1.54) is 6.92 Å². The van der Waals surface area contributed by atoms with Gasteiger partial charge in [0.1, 0.15) is 12.3 Å². The number of carboxylic acid groups (broad SMARTS) is 1. The van der Waals surface area contributed by atoms with Gasteiger partial charge in [0.05, 0.1) is 19.0 Å². The topological polar surface area (TPSA) is 139 Å². The summed E-state index contributed by atoms with van der Waals surface area (Å²) in [5, 5.41) is 12.9. The predicted molar refractivity (Wildman–Crippen MR) is 56.9 cm³/mol. The number of hydrogen-bond donors (Lipinski definition) is 4. The lowest BCUT2D eigenvalue weighted by atomic mass is 10.2. The van der Waals surface area contributed by atoms with Gasteiger partial charge in [0.15, 0.2) is 0 Å². The van der Waals surface area contributed by atoms with Gasteiger partial charge < -0.3 is 26.3 Å². The lowest BCUT2D eigenvalue weighted by Gasteiger charge is -2.15. The number of aldehydes is 1. The molecular weight excluding hydrogens is 230 g/mol. The Labute approximate surface area is 97.5 Å². The Morgan fingerprint density at radius 3 is 2.41 bits per heavy atom. The molecule has 96 valence electrons. The van der Waals surface area contributed by atoms with Gasteiger partial charge >= 0.3 is 5.97 Å². The van der Waals surface area contributed by atoms with Crippen LogP contribution in [0, 0.1) is 0 Å². The quantitative estimate of drug-likeness (QED) is 0.369. The maximum Gasteiger partial charge on any atom is 0.305 e. The molecule has 2 amide bonds. The van der Waals surface area contributed by atoms with Crippen molar-refractivity contribution in [1.82, 2.24) is 10.6 Å². The third-order valence-corrected chi connectivity index (χ3v) is 1.84. The molecule has 2 atom stereocenters. The van der Waals surface area contributed by atoms with Crippen molar-refractivity contribution in [3.05, 3.63) is 0 Å². The Morgan fingerprint density at radius 2 is 1.94 bits per heavy atom. The van der Waals surface area contributed by atoms with Gasteiger partial charge in [-0.25, -0.2) is 0 Å². The first-order valence-electron chi connectivity index (χ1n) is 4.87. The Bertz CT molecular complexity index is 318. The zero-order valence-electron chi connectivity index (χ0n) is 9.30. The molecule has 0 aromatic heterocycles. The van der Waals surface area contributed by atoms with Crippen molar-refractivity contribution in [3.63, 3.8) is 0 Å². The van der Waals surface area contributed by atoms with Crippen LogP contribution in [0.25, 0.3) is 0 Å². The molecule has 0 saturated carbocycles. The van der Waals surface area contributed by atoms with E-state index in [4.69, 9.17) is 10.8 Å². The fourth-order valence-corrected chi connectivity index (χ4v) is 0.962. The molecule has 0 spiro atoms. The summed E-state index contributed by atoms with van der Waals surface area (Å²) in [5.41, 5.74) is 5.29. The number of nitrogens with one attached hydrogen (secondary N) is 2. The van der Waals surface area contributed by atoms with Crippen LogP contribution in [-0.2, 0) is 19.2 Å². The molecular formula is C9H15N3O5. The van der Waals surface area contributed by atoms with Crippen LogP contribution >= 0.6 is 0 Å². The first-order chi connectivity index (χ1) is 7.88. The van der Waals surface area contributed by atoms with Crippen molar-refractivity contribution in [2.45, 2.75) is 25.4 Å². The summed E-state index contributed by atoms with van der Waals surface area (Å²) in [6.45, 7) is 1.24. The van der Waals surface area contributed by atoms with E-state index < -0.39 is 36.3 Å². The van der Waals surface area contributed by atoms with Gasteiger partial charge in [0.2, 0.25) is 11.8 Å². The molecule has 5 N–H and O–H groups in total. The molecule has 0 unspecified atom stereocenters. The van der Waals surface area contributed by atoms with E-state index >= 15 is 0 Å². The fraction of sp³-hybridized carbons (Fsp3) is 0.556. The summed E-state index contributed by atoms with van der Waals surface area (Å²) < 4.78 is 0. The molecule has 0 aliphatic heterocycles. The van der Waals surface area contributed by atoms with Crippen LogP contribution < -0.4 is 16.4 Å². The normalized spacial score (nSPS) is 13.3. The van der Waals surface area contributed by atoms with Crippen LogP contribution in [0.5, 0.6) is 0 Å². The van der Waals surface area contributed by atoms with Gasteiger partial charge in [-0.3, -0.25) is 14.4 Å². The monoisotopic (exact) mass is 245 g/mol. The largest absolute Gasteiger partial charge is 0.481 e. The molecule has 0 rings (SSSR count). The standard InChI is InChI=1S/C9H15N3O5/c1-5(8(16)11-2-3-13)12-9(17)6(10)4-7(14)15/h3,5-6H,2,4,10H2,1H3,(H,11,16)(H,12,17)(H,14,15)/t5-,6-/m0/s1. The lowest BCUT2D eigenvalue weighted by Crippen LogP contribution is -2.50. The van der Waals surface area contributed by atoms with E-state index in [-0.39, 0.29) is 6.54 Å². The maximum atomic E-state index is 11.3. The van der Waals surface area contributed by atoms with Gasteiger partial charge in [-0.1, -0.05) is 0 Å². The molecule has 0 aliphatic carbocycles. The number of amides is 2. The van der Waals surface area contributed by atoms with Gasteiger partial charge in [0.25, 0.3) is 0 Å². The average molecular weight is 245 g/mol. The smallest absolute Gasteiger partial charge is 0.305 e. The predicted octanol–water partition coefficient (Wildman–Crippen LogP) is -2.39. The minimum absolute atomic E-state index is 0.153. The fourth-order valence-electron chi connectivity index (χ4n) is 0.962. The molecule has 0 fully saturated rings. The average Bonchev–Trinajstić information content (AvgIpc) is 2.24. The van der Waals surface area contributed by atoms with E-state index in [1.54, 1.807) is 0 Å². The molecule has 0 saturated heterocycles. The van der Waals surface area contributed by atoms with Crippen molar-refractivity contribution in [1.29, 1.82) is 0 Å². The Balaban J connectivity index is 4.14. The van der Waals surface area contributed by atoms with Crippen molar-refractivity contribution >= 4 is 24.1 Å². The maximum absolute atomic E-state index is 11.3. The van der Waals surface area contributed by atoms with E-state index in [0.717, 1.165) is 0 Å². The zero-order chi connectivity index (χ0) is 13.4. The third kappa shape index (κ3) is 6.25. The molecule has 0 radical (unpaired) electrons. The van der Waals surface area contributed by atoms with Crippen LogP contribution in [0.3, 0.4) is 0 Å². The second-order valence-corrected chi connectivity index (χ2v) is 3.35. The summed E-state index contributed by atoms with van der Waals surface area (Å²) >= 11 is 0. The summed E-state index contributed by atoms with van der Waals surface area (Å²) in [6.07, 6.45) is -0.0168. The minimum atomic E-state index is -1.21. The van der Waals surface area contributed by atoms with Crippen LogP contribution in [0.15, 0.2) is 0 Å². The highest BCUT2D eigenvalue weighted by Crippen LogP contribution is 1.90. The van der Waals surface area contributed by atoms with Gasteiger partial charge in [0, 0.05) is 0 Å². The van der Waals surface area contributed by atoms with E-state index in [1.807, 2.05) is 0 Å². The molecule has 0 aromatic rings. The van der Waals surface area contributed by atoms with Gasteiger partial charge in [-0.15, -0.1) is 0 Å². The number of aliphatic carboxylic acids is 1. The number of rotatable bonds is 7. The first kappa shape index (κ1) is 15.0. The molecule has 8 nitrogen and oxygen atoms in total. The first-order valence-corrected chi connectivity index (χ1v) is 4.87. The molecule has 0 aromatic carbocycles. The van der Waals surface area contributed by atoms with Gasteiger partial charge in [-0.05, 0) is 6.92 Å². The molecule has 0 aliphatic rings. The minimum Gasteiger partial charge on any atom is -0.481 e. The van der Waals surface area contributed by atoms with E-state index in [0.29, 0.717) is 6.29 Å². The number of carbonyl (C=O) groups excluding carboxylic acids is 3. The number of nitrogens with two attached hydrogens (primary N) is 1. The lowest BCUT2D eigenvalue weighted by molar-refractivity contribution is -0.139. The molecule has 17 heavy (non-hydrogen) atoms. The van der Waals surface area contributed by atoms with E-state index in [9.17, 15) is 19.2 Å². The van der Waals surface area contributed by atoms with Crippen molar-refractivity contribution in [3.8, 4) is 0 Å². The molecule has 0 bridgehead atoms. The zero-order valence-corrected chi connectivity index (χ0v) is 9.30. The number of hydrogen-bond acceptors (Lipinski definition) is 5. The summed E-state index contributed by atoms with van der Waals surface area (Å²) in [6, 6.07) is -2.10. The number of carbonyl (C=O) groups is 4. The van der Waals surface area contributed by atoms with Gasteiger partial charge in [-0.2, -0.15) is 0 Å². The SMILES string of the molecule is C[C@H](NC(=O)[C@@H](N)CC(=O)O)C(=O)NCC=O. The second-order valence-electron chi connectivity index (χ2n) is 3.35. The summed E-state index contributed by atoms with van der Waals surface area (Å²) in [7, 11) is 0. The Kier molecular flexibility index (Phi) is 6.49.